The van der Waals surface area contributed by atoms with Gasteiger partial charge >= 0.3 is 0 Å². The second-order valence-electron chi connectivity index (χ2n) is 6.10. The maximum Gasteiger partial charge on any atom is 0.136 e. The number of nitrogens with zero attached hydrogens (tertiary/aromatic N) is 3. The number of aromatic nitrogens is 2. The number of hydrogen-bond acceptors (Lipinski definition) is 4. The molecule has 1 aromatic heterocycles. The van der Waals surface area contributed by atoms with Crippen LogP contribution in [0.5, 0.6) is 0 Å². The number of hydrogen-bond donors (Lipinski definition) is 1. The van der Waals surface area contributed by atoms with E-state index in [4.69, 9.17) is 11.6 Å². The first-order valence-corrected chi connectivity index (χ1v) is 8.64. The van der Waals surface area contributed by atoms with Crippen molar-refractivity contribution < 1.29 is 0 Å². The lowest BCUT2D eigenvalue weighted by molar-refractivity contribution is 0.726. The SMILES string of the molecule is Cc1nc(Nc2cccc(Cl)c2C)cc(N2CCCCCC2)n1. The van der Waals surface area contributed by atoms with Gasteiger partial charge in [-0.1, -0.05) is 30.5 Å². The predicted octanol–water partition coefficient (Wildman–Crippen LogP) is 4.87. The number of nitrogens with one attached hydrogen (secondary N) is 1. The van der Waals surface area contributed by atoms with Crippen LogP contribution in [0.25, 0.3) is 0 Å². The largest absolute Gasteiger partial charge is 0.356 e. The standard InChI is InChI=1S/C18H23ClN4/c1-13-15(19)8-7-9-16(13)22-17-12-18(21-14(2)20-17)23-10-5-3-4-6-11-23/h7-9,12H,3-6,10-11H2,1-2H3,(H,20,21,22). The minimum atomic E-state index is 0.758. The minimum Gasteiger partial charge on any atom is -0.356 e. The third-order valence-electron chi connectivity index (χ3n) is 4.28. The van der Waals surface area contributed by atoms with E-state index in [1.807, 2.05) is 38.1 Å². The van der Waals surface area contributed by atoms with Gasteiger partial charge in [0.25, 0.3) is 0 Å². The van der Waals surface area contributed by atoms with Crippen molar-refractivity contribution in [3.63, 3.8) is 0 Å². The highest BCUT2D eigenvalue weighted by Gasteiger charge is 2.13. The Labute approximate surface area is 142 Å². The molecule has 23 heavy (non-hydrogen) atoms. The van der Waals surface area contributed by atoms with Gasteiger partial charge in [0.2, 0.25) is 0 Å². The van der Waals surface area contributed by atoms with Crippen LogP contribution in [0, 0.1) is 13.8 Å². The van der Waals surface area contributed by atoms with E-state index in [1.165, 1.54) is 25.7 Å². The Bertz CT molecular complexity index is 679. The molecule has 0 atom stereocenters. The summed E-state index contributed by atoms with van der Waals surface area (Å²) in [5.41, 5.74) is 2.01. The second-order valence-corrected chi connectivity index (χ2v) is 6.50. The molecule has 2 heterocycles. The number of rotatable bonds is 3. The predicted molar refractivity (Wildman–Crippen MR) is 96.9 cm³/mol. The number of aryl methyl sites for hydroxylation is 1. The molecule has 0 bridgehead atoms. The van der Waals surface area contributed by atoms with E-state index in [0.717, 1.165) is 46.8 Å². The summed E-state index contributed by atoms with van der Waals surface area (Å²) in [6, 6.07) is 7.90. The van der Waals surface area contributed by atoms with Crippen LogP contribution in [0.1, 0.15) is 37.1 Å². The molecule has 4 nitrogen and oxygen atoms in total. The van der Waals surface area contributed by atoms with Crippen LogP contribution in [-0.4, -0.2) is 23.1 Å². The molecule has 1 aromatic carbocycles. The van der Waals surface area contributed by atoms with Gasteiger partial charge in [0, 0.05) is 29.9 Å². The molecule has 0 unspecified atom stereocenters. The Hall–Kier alpha value is -1.81. The van der Waals surface area contributed by atoms with E-state index < -0.39 is 0 Å². The maximum atomic E-state index is 6.20. The van der Waals surface area contributed by atoms with Crippen LogP contribution in [-0.2, 0) is 0 Å². The summed E-state index contributed by atoms with van der Waals surface area (Å²) >= 11 is 6.20. The molecule has 1 aliphatic heterocycles. The van der Waals surface area contributed by atoms with Crippen molar-refractivity contribution in [1.82, 2.24) is 9.97 Å². The van der Waals surface area contributed by atoms with Crippen molar-refractivity contribution in [2.45, 2.75) is 39.5 Å². The molecule has 5 heteroatoms. The van der Waals surface area contributed by atoms with Crippen LogP contribution in [0.3, 0.4) is 0 Å². The third kappa shape index (κ3) is 3.94. The van der Waals surface area contributed by atoms with Crippen molar-refractivity contribution >= 4 is 28.9 Å². The highest BCUT2D eigenvalue weighted by Crippen LogP contribution is 2.27. The Balaban J connectivity index is 1.86. The smallest absolute Gasteiger partial charge is 0.136 e. The summed E-state index contributed by atoms with van der Waals surface area (Å²) in [5.74, 6) is 2.62. The van der Waals surface area contributed by atoms with Crippen LogP contribution in [0.4, 0.5) is 17.3 Å². The Morgan fingerprint density at radius 3 is 2.52 bits per heavy atom. The quantitative estimate of drug-likeness (QED) is 0.871. The van der Waals surface area contributed by atoms with Crippen LogP contribution >= 0.6 is 11.6 Å². The van der Waals surface area contributed by atoms with Crippen LogP contribution in [0.2, 0.25) is 5.02 Å². The lowest BCUT2D eigenvalue weighted by Crippen LogP contribution is -2.25. The lowest BCUT2D eigenvalue weighted by atomic mass is 10.2. The van der Waals surface area contributed by atoms with Crippen LogP contribution < -0.4 is 10.2 Å². The van der Waals surface area contributed by atoms with Gasteiger partial charge in [-0.15, -0.1) is 0 Å². The van der Waals surface area contributed by atoms with Crippen molar-refractivity contribution in [2.75, 3.05) is 23.3 Å². The van der Waals surface area contributed by atoms with Gasteiger partial charge in [0.05, 0.1) is 0 Å². The number of benzene rings is 1. The fourth-order valence-corrected chi connectivity index (χ4v) is 3.13. The second kappa shape index (κ2) is 7.18. The first kappa shape index (κ1) is 16.1. The molecule has 122 valence electrons. The van der Waals surface area contributed by atoms with Gasteiger partial charge in [-0.05, 0) is 44.4 Å². The molecule has 0 radical (unpaired) electrons. The molecule has 2 aromatic rings. The van der Waals surface area contributed by atoms with Gasteiger partial charge in [0.1, 0.15) is 17.5 Å². The third-order valence-corrected chi connectivity index (χ3v) is 4.69. The first-order chi connectivity index (χ1) is 11.1. The number of halogens is 1. The van der Waals surface area contributed by atoms with Crippen molar-refractivity contribution in [1.29, 1.82) is 0 Å². The van der Waals surface area contributed by atoms with Crippen molar-refractivity contribution in [3.8, 4) is 0 Å². The summed E-state index contributed by atoms with van der Waals surface area (Å²) in [4.78, 5) is 11.5. The molecule has 0 saturated carbocycles. The van der Waals surface area contributed by atoms with Gasteiger partial charge in [-0.25, -0.2) is 9.97 Å². The average Bonchev–Trinajstić information content (AvgIpc) is 2.80. The Morgan fingerprint density at radius 2 is 1.78 bits per heavy atom. The van der Waals surface area contributed by atoms with E-state index in [2.05, 4.69) is 20.2 Å². The zero-order valence-corrected chi connectivity index (χ0v) is 14.5. The van der Waals surface area contributed by atoms with E-state index in [1.54, 1.807) is 0 Å². The van der Waals surface area contributed by atoms with Crippen LogP contribution in [0.15, 0.2) is 24.3 Å². The normalized spacial score (nSPS) is 15.3. The molecule has 1 N–H and O–H groups in total. The fourth-order valence-electron chi connectivity index (χ4n) is 2.96. The lowest BCUT2D eigenvalue weighted by Gasteiger charge is -2.22. The number of anilines is 3. The van der Waals surface area contributed by atoms with E-state index in [-0.39, 0.29) is 0 Å². The van der Waals surface area contributed by atoms with Crippen molar-refractivity contribution in [3.05, 3.63) is 40.7 Å². The minimum absolute atomic E-state index is 0.758. The summed E-state index contributed by atoms with van der Waals surface area (Å²) in [6.07, 6.45) is 5.10. The monoisotopic (exact) mass is 330 g/mol. The summed E-state index contributed by atoms with van der Waals surface area (Å²) in [5, 5.41) is 4.14. The zero-order valence-electron chi connectivity index (χ0n) is 13.8. The maximum absolute atomic E-state index is 6.20. The van der Waals surface area contributed by atoms with Gasteiger partial charge in [0.15, 0.2) is 0 Å². The van der Waals surface area contributed by atoms with E-state index in [9.17, 15) is 0 Å². The van der Waals surface area contributed by atoms with E-state index >= 15 is 0 Å². The fraction of sp³-hybridized carbons (Fsp3) is 0.444. The van der Waals surface area contributed by atoms with E-state index in [0.29, 0.717) is 0 Å². The zero-order chi connectivity index (χ0) is 16.2. The molecular formula is C18H23ClN4. The highest BCUT2D eigenvalue weighted by molar-refractivity contribution is 6.31. The molecule has 0 aliphatic carbocycles. The first-order valence-electron chi connectivity index (χ1n) is 8.26. The molecule has 1 fully saturated rings. The highest BCUT2D eigenvalue weighted by atomic mass is 35.5. The van der Waals surface area contributed by atoms with Gasteiger partial charge in [-0.2, -0.15) is 0 Å². The molecule has 1 saturated heterocycles. The van der Waals surface area contributed by atoms with Gasteiger partial charge in [-0.3, -0.25) is 0 Å². The molecule has 0 amide bonds. The Kier molecular flexibility index (Phi) is 5.01. The average molecular weight is 331 g/mol. The Morgan fingerprint density at radius 1 is 1.04 bits per heavy atom. The topological polar surface area (TPSA) is 41.1 Å². The molecule has 3 rings (SSSR count). The molecule has 1 aliphatic rings. The van der Waals surface area contributed by atoms with Gasteiger partial charge < -0.3 is 10.2 Å². The van der Waals surface area contributed by atoms with Crippen molar-refractivity contribution in [2.24, 2.45) is 0 Å². The summed E-state index contributed by atoms with van der Waals surface area (Å²) < 4.78 is 0. The summed E-state index contributed by atoms with van der Waals surface area (Å²) in [6.45, 7) is 6.10. The molecular weight excluding hydrogens is 308 g/mol. The summed E-state index contributed by atoms with van der Waals surface area (Å²) in [7, 11) is 0. The molecule has 0 spiro atoms.